The maximum Gasteiger partial charge on any atom is 0.231 e. The van der Waals surface area contributed by atoms with Crippen molar-refractivity contribution < 1.29 is 9.47 Å². The maximum absolute atomic E-state index is 5.91. The standard InChI is InChI=1S/C21H21N5O2S/c1-3-19-23-24-21(29-19)26-12(2)8-14-9-17-18(28-11-27-17)10-16(14)20(25-26)13-4-6-15(22)7-5-13/h4-7,9-10,12H,3,8,11,22H2,1-2H3. The van der Waals surface area contributed by atoms with Gasteiger partial charge in [-0.15, -0.1) is 10.2 Å². The molecule has 7 nitrogen and oxygen atoms in total. The van der Waals surface area contributed by atoms with Gasteiger partial charge in [-0.3, -0.25) is 0 Å². The van der Waals surface area contributed by atoms with Gasteiger partial charge in [-0.05, 0) is 49.6 Å². The number of ether oxygens (including phenoxy) is 2. The summed E-state index contributed by atoms with van der Waals surface area (Å²) in [6, 6.07) is 12.0. The third kappa shape index (κ3) is 3.19. The number of aromatic nitrogens is 2. The Hall–Kier alpha value is -3.13. The minimum Gasteiger partial charge on any atom is -0.454 e. The molecule has 2 N–H and O–H groups in total. The topological polar surface area (TPSA) is 85.9 Å². The molecule has 2 aliphatic heterocycles. The zero-order chi connectivity index (χ0) is 20.0. The summed E-state index contributed by atoms with van der Waals surface area (Å²) in [4.78, 5) is 0. The molecule has 2 aliphatic rings. The highest BCUT2D eigenvalue weighted by atomic mass is 32.1. The van der Waals surface area contributed by atoms with Crippen LogP contribution in [-0.4, -0.2) is 28.7 Å². The van der Waals surface area contributed by atoms with Crippen molar-refractivity contribution >= 4 is 27.9 Å². The molecule has 2 aromatic carbocycles. The number of hydrogen-bond donors (Lipinski definition) is 1. The quantitative estimate of drug-likeness (QED) is 0.668. The van der Waals surface area contributed by atoms with Gasteiger partial charge >= 0.3 is 0 Å². The number of nitrogen functional groups attached to an aromatic ring is 1. The van der Waals surface area contributed by atoms with E-state index in [1.54, 1.807) is 11.3 Å². The van der Waals surface area contributed by atoms with Crippen molar-refractivity contribution in [2.75, 3.05) is 17.5 Å². The van der Waals surface area contributed by atoms with Crippen LogP contribution in [0.3, 0.4) is 0 Å². The molecular weight excluding hydrogens is 386 g/mol. The van der Waals surface area contributed by atoms with Crippen molar-refractivity contribution in [3.05, 3.63) is 58.1 Å². The van der Waals surface area contributed by atoms with Crippen molar-refractivity contribution in [3.63, 3.8) is 0 Å². The van der Waals surface area contributed by atoms with Crippen LogP contribution >= 0.6 is 11.3 Å². The van der Waals surface area contributed by atoms with Crippen LogP contribution in [-0.2, 0) is 12.8 Å². The van der Waals surface area contributed by atoms with Crippen molar-refractivity contribution in [2.45, 2.75) is 32.7 Å². The molecule has 148 valence electrons. The van der Waals surface area contributed by atoms with Gasteiger partial charge in [-0.2, -0.15) is 5.10 Å². The number of rotatable bonds is 3. The molecule has 0 spiro atoms. The van der Waals surface area contributed by atoms with Crippen LogP contribution in [0.1, 0.15) is 35.5 Å². The fraction of sp³-hybridized carbons (Fsp3) is 0.286. The maximum atomic E-state index is 5.91. The number of fused-ring (bicyclic) bond motifs is 2. The second kappa shape index (κ2) is 7.04. The normalized spacial score (nSPS) is 17.7. The van der Waals surface area contributed by atoms with Crippen LogP contribution in [0.15, 0.2) is 41.5 Å². The van der Waals surface area contributed by atoms with Crippen molar-refractivity contribution in [1.82, 2.24) is 10.2 Å². The van der Waals surface area contributed by atoms with E-state index in [2.05, 4.69) is 30.1 Å². The lowest BCUT2D eigenvalue weighted by Crippen LogP contribution is -2.29. The van der Waals surface area contributed by atoms with E-state index in [1.165, 1.54) is 5.56 Å². The van der Waals surface area contributed by atoms with Crippen LogP contribution in [0.5, 0.6) is 11.5 Å². The zero-order valence-electron chi connectivity index (χ0n) is 16.3. The Kier molecular flexibility index (Phi) is 4.35. The second-order valence-corrected chi connectivity index (χ2v) is 8.20. The average Bonchev–Trinajstić information content (AvgIpc) is 3.35. The van der Waals surface area contributed by atoms with Crippen molar-refractivity contribution in [3.8, 4) is 11.5 Å². The molecule has 1 aromatic heterocycles. The highest BCUT2D eigenvalue weighted by Crippen LogP contribution is 2.38. The van der Waals surface area contributed by atoms with Gasteiger partial charge in [0, 0.05) is 16.8 Å². The minimum absolute atomic E-state index is 0.109. The van der Waals surface area contributed by atoms with E-state index in [0.717, 1.165) is 57.0 Å². The number of aryl methyl sites for hydroxylation is 1. The number of benzene rings is 2. The molecule has 0 saturated carbocycles. The molecule has 29 heavy (non-hydrogen) atoms. The predicted octanol–water partition coefficient (Wildman–Crippen LogP) is 3.62. The Bertz CT molecular complexity index is 1090. The molecule has 0 bridgehead atoms. The Morgan fingerprint density at radius 2 is 1.90 bits per heavy atom. The SMILES string of the molecule is CCc1nnc(N2N=C(c3ccc(N)cc3)c3cc4c(cc3CC2C)OCO4)s1. The largest absolute Gasteiger partial charge is 0.454 e. The summed E-state index contributed by atoms with van der Waals surface area (Å²) in [5, 5.41) is 17.5. The van der Waals surface area contributed by atoms with Crippen LogP contribution in [0, 0.1) is 0 Å². The van der Waals surface area contributed by atoms with Gasteiger partial charge in [0.15, 0.2) is 11.5 Å². The van der Waals surface area contributed by atoms with E-state index in [0.29, 0.717) is 0 Å². The van der Waals surface area contributed by atoms with E-state index in [4.69, 9.17) is 20.3 Å². The molecular formula is C21H21N5O2S. The number of nitrogens with two attached hydrogens (primary N) is 1. The zero-order valence-corrected chi connectivity index (χ0v) is 17.1. The lowest BCUT2D eigenvalue weighted by molar-refractivity contribution is 0.174. The molecule has 3 heterocycles. The van der Waals surface area contributed by atoms with Gasteiger partial charge in [0.25, 0.3) is 0 Å². The van der Waals surface area contributed by atoms with Crippen molar-refractivity contribution in [1.29, 1.82) is 0 Å². The Morgan fingerprint density at radius 1 is 1.14 bits per heavy atom. The summed E-state index contributed by atoms with van der Waals surface area (Å²) >= 11 is 1.58. The first-order valence-electron chi connectivity index (χ1n) is 9.61. The van der Waals surface area contributed by atoms with Gasteiger partial charge in [-0.1, -0.05) is 30.4 Å². The lowest BCUT2D eigenvalue weighted by Gasteiger charge is -2.21. The molecule has 1 atom stereocenters. The fourth-order valence-corrected chi connectivity index (χ4v) is 4.44. The highest BCUT2D eigenvalue weighted by Gasteiger charge is 2.29. The van der Waals surface area contributed by atoms with Crippen LogP contribution < -0.4 is 20.2 Å². The predicted molar refractivity (Wildman–Crippen MR) is 114 cm³/mol. The molecule has 8 heteroatoms. The second-order valence-electron chi connectivity index (χ2n) is 7.16. The third-order valence-electron chi connectivity index (χ3n) is 5.13. The molecule has 0 fully saturated rings. The average molecular weight is 407 g/mol. The van der Waals surface area contributed by atoms with Gasteiger partial charge in [0.05, 0.1) is 11.8 Å². The molecule has 5 rings (SSSR count). The summed E-state index contributed by atoms with van der Waals surface area (Å²) in [6.45, 7) is 4.48. The summed E-state index contributed by atoms with van der Waals surface area (Å²) in [6.07, 6.45) is 1.66. The van der Waals surface area contributed by atoms with Crippen LogP contribution in [0.4, 0.5) is 10.8 Å². The van der Waals surface area contributed by atoms with Gasteiger partial charge in [-0.25, -0.2) is 5.01 Å². The van der Waals surface area contributed by atoms with Crippen LogP contribution in [0.2, 0.25) is 0 Å². The molecule has 0 aliphatic carbocycles. The lowest BCUT2D eigenvalue weighted by atomic mass is 9.94. The number of nitrogens with zero attached hydrogens (tertiary/aromatic N) is 4. The Labute approximate surface area is 172 Å². The molecule has 0 radical (unpaired) electrons. The minimum atomic E-state index is 0.109. The Balaban J connectivity index is 1.68. The van der Waals surface area contributed by atoms with E-state index in [1.807, 2.05) is 35.3 Å². The van der Waals surface area contributed by atoms with E-state index >= 15 is 0 Å². The van der Waals surface area contributed by atoms with Crippen molar-refractivity contribution in [2.24, 2.45) is 5.10 Å². The van der Waals surface area contributed by atoms with Gasteiger partial charge in [0.1, 0.15) is 5.01 Å². The summed E-state index contributed by atoms with van der Waals surface area (Å²) in [5.74, 6) is 1.53. The highest BCUT2D eigenvalue weighted by molar-refractivity contribution is 7.15. The number of anilines is 2. The van der Waals surface area contributed by atoms with Gasteiger partial charge in [0.2, 0.25) is 11.9 Å². The molecule has 0 amide bonds. The van der Waals surface area contributed by atoms with Crippen LogP contribution in [0.25, 0.3) is 0 Å². The fourth-order valence-electron chi connectivity index (χ4n) is 3.60. The Morgan fingerprint density at radius 3 is 2.62 bits per heavy atom. The summed E-state index contributed by atoms with van der Waals surface area (Å²) in [7, 11) is 0. The monoisotopic (exact) mass is 407 g/mol. The molecule has 3 aromatic rings. The number of hydrazone groups is 1. The third-order valence-corrected chi connectivity index (χ3v) is 6.19. The summed E-state index contributed by atoms with van der Waals surface area (Å²) in [5.41, 5.74) is 10.7. The first-order chi connectivity index (χ1) is 14.1. The summed E-state index contributed by atoms with van der Waals surface area (Å²) < 4.78 is 11.2. The van der Waals surface area contributed by atoms with E-state index in [-0.39, 0.29) is 12.8 Å². The van der Waals surface area contributed by atoms with E-state index < -0.39 is 0 Å². The van der Waals surface area contributed by atoms with Gasteiger partial charge < -0.3 is 15.2 Å². The van der Waals surface area contributed by atoms with E-state index in [9.17, 15) is 0 Å². The number of hydrogen-bond acceptors (Lipinski definition) is 8. The smallest absolute Gasteiger partial charge is 0.231 e. The molecule has 1 unspecified atom stereocenters. The first-order valence-corrected chi connectivity index (χ1v) is 10.4. The molecule has 0 saturated heterocycles. The first kappa shape index (κ1) is 17.9.